The lowest BCUT2D eigenvalue weighted by Crippen LogP contribution is -2.50. The molecule has 2 unspecified atom stereocenters. The highest BCUT2D eigenvalue weighted by Crippen LogP contribution is 2.47. The third kappa shape index (κ3) is 3.09. The van der Waals surface area contributed by atoms with Crippen LogP contribution in [-0.2, 0) is 5.41 Å². The van der Waals surface area contributed by atoms with E-state index in [0.717, 1.165) is 24.8 Å². The van der Waals surface area contributed by atoms with E-state index in [9.17, 15) is 14.3 Å². The molecule has 5 heteroatoms. The van der Waals surface area contributed by atoms with Crippen LogP contribution in [0.5, 0.6) is 0 Å². The van der Waals surface area contributed by atoms with Crippen molar-refractivity contribution in [1.29, 1.82) is 0 Å². The number of urea groups is 1. The van der Waals surface area contributed by atoms with Crippen molar-refractivity contribution in [2.75, 3.05) is 19.6 Å². The molecule has 22 heavy (non-hydrogen) atoms. The topological polar surface area (TPSA) is 52.6 Å². The molecular formula is C17H23FN2O2. The number of rotatable bonds is 3. The summed E-state index contributed by atoms with van der Waals surface area (Å²) in [7, 11) is 0. The molecule has 3 rings (SSSR count). The van der Waals surface area contributed by atoms with Gasteiger partial charge >= 0.3 is 6.03 Å². The Bertz CT molecular complexity index is 542. The first kappa shape index (κ1) is 15.3. The molecule has 1 saturated carbocycles. The minimum Gasteiger partial charge on any atom is -0.391 e. The van der Waals surface area contributed by atoms with E-state index in [1.165, 1.54) is 12.1 Å². The van der Waals surface area contributed by atoms with Gasteiger partial charge in [0.2, 0.25) is 0 Å². The number of nitrogens with zero attached hydrogens (tertiary/aromatic N) is 1. The minimum absolute atomic E-state index is 0.0367. The number of likely N-dealkylation sites (tertiary alicyclic amines) is 1. The number of aliphatic hydroxyl groups excluding tert-OH is 1. The molecule has 2 amide bonds. The number of aliphatic hydroxyl groups is 1. The first-order valence-corrected chi connectivity index (χ1v) is 7.97. The Morgan fingerprint density at radius 2 is 2.09 bits per heavy atom. The van der Waals surface area contributed by atoms with Crippen LogP contribution >= 0.6 is 0 Å². The van der Waals surface area contributed by atoms with Crippen molar-refractivity contribution in [3.05, 3.63) is 35.6 Å². The number of hydrogen-bond acceptors (Lipinski definition) is 2. The van der Waals surface area contributed by atoms with E-state index in [0.29, 0.717) is 19.6 Å². The molecule has 1 aromatic rings. The number of carbonyl (C=O) groups is 1. The van der Waals surface area contributed by atoms with Crippen LogP contribution in [0.2, 0.25) is 0 Å². The van der Waals surface area contributed by atoms with E-state index >= 15 is 0 Å². The molecule has 4 nitrogen and oxygen atoms in total. The Kier molecular flexibility index (Phi) is 4.08. The van der Waals surface area contributed by atoms with Gasteiger partial charge in [-0.3, -0.25) is 0 Å². The molecule has 0 aromatic heterocycles. The summed E-state index contributed by atoms with van der Waals surface area (Å²) in [4.78, 5) is 13.9. The third-order valence-corrected chi connectivity index (χ3v) is 5.09. The third-order valence-electron chi connectivity index (χ3n) is 5.09. The molecule has 1 aliphatic carbocycles. The lowest BCUT2D eigenvalue weighted by molar-refractivity contribution is 0.0435. The fourth-order valence-corrected chi connectivity index (χ4v) is 3.11. The number of benzene rings is 1. The second kappa shape index (κ2) is 5.88. The van der Waals surface area contributed by atoms with Crippen LogP contribution in [0.25, 0.3) is 0 Å². The second-order valence-corrected chi connectivity index (χ2v) is 6.73. The quantitative estimate of drug-likeness (QED) is 0.900. The first-order valence-electron chi connectivity index (χ1n) is 7.97. The molecule has 2 aliphatic rings. The van der Waals surface area contributed by atoms with Gasteiger partial charge in [-0.25, -0.2) is 9.18 Å². The maximum absolute atomic E-state index is 13.0. The van der Waals surface area contributed by atoms with Gasteiger partial charge in [-0.05, 0) is 42.9 Å². The van der Waals surface area contributed by atoms with Gasteiger partial charge in [0.25, 0.3) is 0 Å². The molecule has 2 N–H and O–H groups in total. The van der Waals surface area contributed by atoms with Gasteiger partial charge in [-0.2, -0.15) is 0 Å². The number of β-amino-alcohol motifs (C(OH)–C–C–N with tert-alkyl or cyclic N) is 1. The molecule has 1 aliphatic heterocycles. The molecule has 0 radical (unpaired) electrons. The molecular weight excluding hydrogens is 283 g/mol. The number of hydrogen-bond donors (Lipinski definition) is 2. The molecule has 120 valence electrons. The van der Waals surface area contributed by atoms with Gasteiger partial charge in [-0.1, -0.05) is 19.1 Å². The van der Waals surface area contributed by atoms with Crippen molar-refractivity contribution in [3.63, 3.8) is 0 Å². The SMILES string of the molecule is CC1CCN(C(=O)NCC2(c3ccc(F)cc3)CC2)CC1O. The number of halogens is 1. The largest absolute Gasteiger partial charge is 0.391 e. The van der Waals surface area contributed by atoms with E-state index in [-0.39, 0.29) is 23.2 Å². The van der Waals surface area contributed by atoms with Gasteiger partial charge in [0.05, 0.1) is 6.10 Å². The summed E-state index contributed by atoms with van der Waals surface area (Å²) in [5.74, 6) is 0.0121. The predicted molar refractivity (Wildman–Crippen MR) is 82.1 cm³/mol. The van der Waals surface area contributed by atoms with E-state index in [1.54, 1.807) is 17.0 Å². The van der Waals surface area contributed by atoms with Crippen molar-refractivity contribution in [3.8, 4) is 0 Å². The lowest BCUT2D eigenvalue weighted by atomic mass is 9.95. The van der Waals surface area contributed by atoms with Crippen molar-refractivity contribution in [2.45, 2.75) is 37.7 Å². The van der Waals surface area contributed by atoms with Gasteiger partial charge in [-0.15, -0.1) is 0 Å². The van der Waals surface area contributed by atoms with Gasteiger partial charge in [0.1, 0.15) is 5.82 Å². The Morgan fingerprint density at radius 3 is 2.68 bits per heavy atom. The summed E-state index contributed by atoms with van der Waals surface area (Å²) >= 11 is 0. The van der Waals surface area contributed by atoms with Crippen molar-refractivity contribution < 1.29 is 14.3 Å². The van der Waals surface area contributed by atoms with Crippen LogP contribution in [0.3, 0.4) is 0 Å². The highest BCUT2D eigenvalue weighted by atomic mass is 19.1. The average Bonchev–Trinajstić information content (AvgIpc) is 3.29. The zero-order chi connectivity index (χ0) is 15.7. The van der Waals surface area contributed by atoms with Crippen LogP contribution in [0.1, 0.15) is 31.7 Å². The average molecular weight is 306 g/mol. The van der Waals surface area contributed by atoms with E-state index in [1.807, 2.05) is 6.92 Å². The zero-order valence-electron chi connectivity index (χ0n) is 12.9. The fourth-order valence-electron chi connectivity index (χ4n) is 3.11. The smallest absolute Gasteiger partial charge is 0.317 e. The summed E-state index contributed by atoms with van der Waals surface area (Å²) in [5, 5.41) is 12.9. The Morgan fingerprint density at radius 1 is 1.41 bits per heavy atom. The maximum Gasteiger partial charge on any atom is 0.317 e. The summed E-state index contributed by atoms with van der Waals surface area (Å²) in [6.07, 6.45) is 2.42. The molecule has 2 atom stereocenters. The highest BCUT2D eigenvalue weighted by Gasteiger charge is 2.44. The predicted octanol–water partition coefficient (Wildman–Crippen LogP) is 2.27. The molecule has 1 aromatic carbocycles. The Hall–Kier alpha value is -1.62. The molecule has 1 saturated heterocycles. The van der Waals surface area contributed by atoms with Crippen LogP contribution in [0.15, 0.2) is 24.3 Å². The molecule has 1 heterocycles. The first-order chi connectivity index (χ1) is 10.5. The summed E-state index contributed by atoms with van der Waals surface area (Å²) in [6, 6.07) is 6.44. The molecule has 0 spiro atoms. The van der Waals surface area contributed by atoms with Gasteiger partial charge in [0, 0.05) is 25.0 Å². The van der Waals surface area contributed by atoms with Gasteiger partial charge in [0.15, 0.2) is 0 Å². The van der Waals surface area contributed by atoms with Crippen LogP contribution in [0.4, 0.5) is 9.18 Å². The van der Waals surface area contributed by atoms with Crippen molar-refractivity contribution in [2.24, 2.45) is 5.92 Å². The molecule has 2 fully saturated rings. The monoisotopic (exact) mass is 306 g/mol. The standard InChI is InChI=1S/C17H23FN2O2/c1-12-6-9-20(10-15(12)21)16(22)19-11-17(7-8-17)13-2-4-14(18)5-3-13/h2-5,12,15,21H,6-11H2,1H3,(H,19,22). The lowest BCUT2D eigenvalue weighted by Gasteiger charge is -2.34. The fraction of sp³-hybridized carbons (Fsp3) is 0.588. The van der Waals surface area contributed by atoms with E-state index in [2.05, 4.69) is 5.32 Å². The second-order valence-electron chi connectivity index (χ2n) is 6.73. The zero-order valence-corrected chi connectivity index (χ0v) is 12.9. The van der Waals surface area contributed by atoms with Crippen LogP contribution in [-0.4, -0.2) is 41.8 Å². The van der Waals surface area contributed by atoms with Crippen LogP contribution in [0, 0.1) is 11.7 Å². The van der Waals surface area contributed by atoms with E-state index < -0.39 is 6.10 Å². The normalized spacial score (nSPS) is 26.6. The number of carbonyl (C=O) groups excluding carboxylic acids is 1. The summed E-state index contributed by atoms with van der Waals surface area (Å²) in [5.41, 5.74) is 1.05. The molecule has 0 bridgehead atoms. The Labute approximate surface area is 130 Å². The highest BCUT2D eigenvalue weighted by molar-refractivity contribution is 5.74. The number of piperidine rings is 1. The van der Waals surface area contributed by atoms with Gasteiger partial charge < -0.3 is 15.3 Å². The van der Waals surface area contributed by atoms with Crippen LogP contribution < -0.4 is 5.32 Å². The summed E-state index contributed by atoms with van der Waals surface area (Å²) in [6.45, 7) is 3.66. The van der Waals surface area contributed by atoms with Crippen molar-refractivity contribution in [1.82, 2.24) is 10.2 Å². The minimum atomic E-state index is -0.438. The number of nitrogens with one attached hydrogen (secondary N) is 1. The number of amides is 2. The summed E-state index contributed by atoms with van der Waals surface area (Å²) < 4.78 is 13.0. The maximum atomic E-state index is 13.0. The Balaban J connectivity index is 1.56. The van der Waals surface area contributed by atoms with Crippen molar-refractivity contribution >= 4 is 6.03 Å². The van der Waals surface area contributed by atoms with E-state index in [4.69, 9.17) is 0 Å².